The number of benzene rings is 1. The van der Waals surface area contributed by atoms with Crippen molar-refractivity contribution in [2.75, 3.05) is 0 Å². The van der Waals surface area contributed by atoms with E-state index in [0.717, 1.165) is 11.3 Å². The van der Waals surface area contributed by atoms with Crippen molar-refractivity contribution in [3.63, 3.8) is 0 Å². The highest BCUT2D eigenvalue weighted by Gasteiger charge is 2.30. The van der Waals surface area contributed by atoms with E-state index in [1.165, 1.54) is 5.56 Å². The molecule has 0 spiro atoms. The van der Waals surface area contributed by atoms with E-state index in [-0.39, 0.29) is 12.6 Å². The van der Waals surface area contributed by atoms with Crippen LogP contribution in [0.1, 0.15) is 28.7 Å². The fourth-order valence-corrected chi connectivity index (χ4v) is 2.63. The third-order valence-electron chi connectivity index (χ3n) is 3.57. The van der Waals surface area contributed by atoms with Crippen molar-refractivity contribution in [2.24, 2.45) is 0 Å². The van der Waals surface area contributed by atoms with E-state index in [1.54, 1.807) is 6.07 Å². The highest BCUT2D eigenvalue weighted by molar-refractivity contribution is 5.36. The summed E-state index contributed by atoms with van der Waals surface area (Å²) in [7, 11) is 0. The molecule has 3 N–H and O–H groups in total. The Morgan fingerprint density at radius 3 is 2.74 bits per heavy atom. The maximum absolute atomic E-state index is 10.1. The Labute approximate surface area is 111 Å². The Bertz CT molecular complexity index is 564. The molecule has 0 unspecified atom stereocenters. The molecule has 0 aliphatic heterocycles. The second-order valence-electron chi connectivity index (χ2n) is 4.85. The molecule has 0 saturated heterocycles. The largest absolute Gasteiger partial charge is 0.462 e. The first-order valence-corrected chi connectivity index (χ1v) is 6.45. The SMILES string of the molecule is OCc1ccc(CN[C@@H]2c3ccccc3C[C@@H]2O)o1. The summed E-state index contributed by atoms with van der Waals surface area (Å²) in [5.41, 5.74) is 2.35. The molecule has 19 heavy (non-hydrogen) atoms. The number of aliphatic hydroxyl groups excluding tert-OH is 2. The summed E-state index contributed by atoms with van der Waals surface area (Å²) in [5.74, 6) is 1.32. The number of hydrogen-bond acceptors (Lipinski definition) is 4. The quantitative estimate of drug-likeness (QED) is 0.779. The van der Waals surface area contributed by atoms with Gasteiger partial charge in [0.25, 0.3) is 0 Å². The maximum atomic E-state index is 10.1. The van der Waals surface area contributed by atoms with Gasteiger partial charge in [-0.2, -0.15) is 0 Å². The Balaban J connectivity index is 1.70. The van der Waals surface area contributed by atoms with E-state index < -0.39 is 6.10 Å². The molecular formula is C15H17NO3. The van der Waals surface area contributed by atoms with Gasteiger partial charge in [-0.15, -0.1) is 0 Å². The minimum absolute atomic E-state index is 0.0566. The normalized spacial score (nSPS) is 21.6. The zero-order chi connectivity index (χ0) is 13.2. The van der Waals surface area contributed by atoms with Gasteiger partial charge in [0.1, 0.15) is 18.1 Å². The molecule has 0 radical (unpaired) electrons. The number of hydrogen-bond donors (Lipinski definition) is 3. The van der Waals surface area contributed by atoms with Gasteiger partial charge >= 0.3 is 0 Å². The van der Waals surface area contributed by atoms with Crippen LogP contribution in [0.2, 0.25) is 0 Å². The summed E-state index contributed by atoms with van der Waals surface area (Å²) in [6.45, 7) is 0.449. The summed E-state index contributed by atoms with van der Waals surface area (Å²) < 4.78 is 5.42. The van der Waals surface area contributed by atoms with Crippen molar-refractivity contribution in [1.29, 1.82) is 0 Å². The first kappa shape index (κ1) is 12.4. The zero-order valence-corrected chi connectivity index (χ0v) is 10.5. The Morgan fingerprint density at radius 1 is 1.16 bits per heavy atom. The second-order valence-corrected chi connectivity index (χ2v) is 4.85. The van der Waals surface area contributed by atoms with Crippen LogP contribution in [0.15, 0.2) is 40.8 Å². The molecule has 0 fully saturated rings. The molecule has 0 bridgehead atoms. The average Bonchev–Trinajstić information content (AvgIpc) is 3.00. The van der Waals surface area contributed by atoms with Crippen LogP contribution in [0.4, 0.5) is 0 Å². The van der Waals surface area contributed by atoms with Gasteiger partial charge in [-0.25, -0.2) is 0 Å². The van der Waals surface area contributed by atoms with Gasteiger partial charge in [0.05, 0.1) is 18.7 Å². The van der Waals surface area contributed by atoms with Gasteiger partial charge in [0.2, 0.25) is 0 Å². The molecule has 2 aromatic rings. The predicted molar refractivity (Wildman–Crippen MR) is 70.4 cm³/mol. The third-order valence-corrected chi connectivity index (χ3v) is 3.57. The molecule has 4 heteroatoms. The maximum Gasteiger partial charge on any atom is 0.129 e. The lowest BCUT2D eigenvalue weighted by molar-refractivity contribution is 0.139. The molecule has 3 rings (SSSR count). The third kappa shape index (κ3) is 2.42. The monoisotopic (exact) mass is 259 g/mol. The Hall–Kier alpha value is -1.62. The van der Waals surface area contributed by atoms with Crippen LogP contribution in [0.3, 0.4) is 0 Å². The smallest absolute Gasteiger partial charge is 0.129 e. The van der Waals surface area contributed by atoms with Crippen LogP contribution in [0, 0.1) is 0 Å². The first-order chi connectivity index (χ1) is 9.28. The predicted octanol–water partition coefficient (Wildman–Crippen LogP) is 1.52. The van der Waals surface area contributed by atoms with Crippen LogP contribution in [-0.4, -0.2) is 16.3 Å². The summed E-state index contributed by atoms with van der Waals surface area (Å²) in [6, 6.07) is 11.6. The Kier molecular flexibility index (Phi) is 3.38. The minimum Gasteiger partial charge on any atom is -0.462 e. The van der Waals surface area contributed by atoms with E-state index in [9.17, 15) is 5.11 Å². The van der Waals surface area contributed by atoms with Gasteiger partial charge in [-0.3, -0.25) is 0 Å². The summed E-state index contributed by atoms with van der Waals surface area (Å²) in [4.78, 5) is 0. The fraction of sp³-hybridized carbons (Fsp3) is 0.333. The van der Waals surface area contributed by atoms with Crippen LogP contribution < -0.4 is 5.32 Å². The lowest BCUT2D eigenvalue weighted by Gasteiger charge is -2.17. The molecule has 1 aromatic heterocycles. The molecule has 1 aliphatic carbocycles. The van der Waals surface area contributed by atoms with Crippen molar-refractivity contribution in [3.8, 4) is 0 Å². The van der Waals surface area contributed by atoms with E-state index in [0.29, 0.717) is 18.7 Å². The number of rotatable bonds is 4. The summed E-state index contributed by atoms with van der Waals surface area (Å²) in [5, 5.41) is 22.4. The van der Waals surface area contributed by atoms with Crippen LogP contribution in [0.25, 0.3) is 0 Å². The van der Waals surface area contributed by atoms with E-state index >= 15 is 0 Å². The van der Waals surface area contributed by atoms with Gasteiger partial charge in [0, 0.05) is 6.42 Å². The van der Waals surface area contributed by atoms with Gasteiger partial charge < -0.3 is 19.9 Å². The average molecular weight is 259 g/mol. The van der Waals surface area contributed by atoms with Crippen LogP contribution >= 0.6 is 0 Å². The molecule has 0 saturated carbocycles. The van der Waals surface area contributed by atoms with Crippen molar-refractivity contribution in [3.05, 3.63) is 59.0 Å². The summed E-state index contributed by atoms with van der Waals surface area (Å²) in [6.07, 6.45) is 0.290. The van der Waals surface area contributed by atoms with E-state index in [1.807, 2.05) is 24.3 Å². The topological polar surface area (TPSA) is 65.6 Å². The molecule has 1 aliphatic rings. The van der Waals surface area contributed by atoms with E-state index in [2.05, 4.69) is 11.4 Å². The molecule has 1 heterocycles. The minimum atomic E-state index is -0.398. The lowest BCUT2D eigenvalue weighted by atomic mass is 10.1. The highest BCUT2D eigenvalue weighted by Crippen LogP contribution is 2.31. The number of aliphatic hydroxyl groups is 2. The molecule has 1 aromatic carbocycles. The second kappa shape index (κ2) is 5.17. The molecule has 4 nitrogen and oxygen atoms in total. The Morgan fingerprint density at radius 2 is 1.95 bits per heavy atom. The molecule has 2 atom stereocenters. The van der Waals surface area contributed by atoms with Gasteiger partial charge in [-0.05, 0) is 23.3 Å². The lowest BCUT2D eigenvalue weighted by Crippen LogP contribution is -2.28. The zero-order valence-electron chi connectivity index (χ0n) is 10.5. The van der Waals surface area contributed by atoms with Gasteiger partial charge in [0.15, 0.2) is 0 Å². The first-order valence-electron chi connectivity index (χ1n) is 6.45. The number of furan rings is 1. The standard InChI is InChI=1S/C15H17NO3/c17-9-12-6-5-11(19-12)8-16-15-13-4-2-1-3-10(13)7-14(15)18/h1-6,14-18H,7-9H2/t14-,15+/m0/s1. The molecular weight excluding hydrogens is 242 g/mol. The number of nitrogens with one attached hydrogen (secondary N) is 1. The molecule has 100 valence electrons. The number of fused-ring (bicyclic) bond motifs is 1. The van der Waals surface area contributed by atoms with Crippen molar-refractivity contribution in [2.45, 2.75) is 31.7 Å². The van der Waals surface area contributed by atoms with Crippen molar-refractivity contribution >= 4 is 0 Å². The van der Waals surface area contributed by atoms with Crippen LogP contribution in [-0.2, 0) is 19.6 Å². The van der Waals surface area contributed by atoms with E-state index in [4.69, 9.17) is 9.52 Å². The summed E-state index contributed by atoms with van der Waals surface area (Å²) >= 11 is 0. The van der Waals surface area contributed by atoms with Crippen molar-refractivity contribution in [1.82, 2.24) is 5.32 Å². The van der Waals surface area contributed by atoms with Crippen LogP contribution in [0.5, 0.6) is 0 Å². The molecule has 0 amide bonds. The fourth-order valence-electron chi connectivity index (χ4n) is 2.63. The highest BCUT2D eigenvalue weighted by atomic mass is 16.4. The van der Waals surface area contributed by atoms with Crippen molar-refractivity contribution < 1.29 is 14.6 Å². The van der Waals surface area contributed by atoms with Gasteiger partial charge in [-0.1, -0.05) is 24.3 Å².